The Kier molecular flexibility index (Phi) is 5.38. The van der Waals surface area contributed by atoms with Gasteiger partial charge in [0.25, 0.3) is 0 Å². The van der Waals surface area contributed by atoms with Gasteiger partial charge in [-0.15, -0.1) is 22.7 Å². The van der Waals surface area contributed by atoms with E-state index in [4.69, 9.17) is 5.11 Å². The summed E-state index contributed by atoms with van der Waals surface area (Å²) in [7, 11) is 0. The number of aromatic nitrogens is 1. The summed E-state index contributed by atoms with van der Waals surface area (Å²) in [5.74, 6) is -0.178. The number of nitrogens with zero attached hydrogens (tertiary/aromatic N) is 1. The lowest BCUT2D eigenvalue weighted by atomic mass is 10.2. The third kappa shape index (κ3) is 4.04. The van der Waals surface area contributed by atoms with Crippen molar-refractivity contribution >= 4 is 41.2 Å². The van der Waals surface area contributed by atoms with Crippen LogP contribution in [-0.4, -0.2) is 34.4 Å². The molecule has 2 aromatic rings. The van der Waals surface area contributed by atoms with Crippen molar-refractivity contribution in [3.8, 4) is 9.88 Å². The van der Waals surface area contributed by atoms with Crippen LogP contribution in [-0.2, 0) is 11.2 Å². The first kappa shape index (κ1) is 14.5. The molecule has 0 spiro atoms. The highest BCUT2D eigenvalue weighted by Gasteiger charge is 2.16. The van der Waals surface area contributed by atoms with Crippen LogP contribution in [0.25, 0.3) is 9.88 Å². The van der Waals surface area contributed by atoms with Gasteiger partial charge in [-0.3, -0.25) is 4.79 Å². The Morgan fingerprint density at radius 2 is 2.37 bits per heavy atom. The molecule has 7 heteroatoms. The van der Waals surface area contributed by atoms with Crippen LogP contribution in [0.3, 0.4) is 0 Å². The summed E-state index contributed by atoms with van der Waals surface area (Å²) in [6, 6.07) is 4.02. The van der Waals surface area contributed by atoms with Gasteiger partial charge in [0.05, 0.1) is 22.4 Å². The molecule has 0 fully saturated rings. The lowest BCUT2D eigenvalue weighted by molar-refractivity contribution is -0.120. The van der Waals surface area contributed by atoms with Crippen LogP contribution in [0.15, 0.2) is 22.9 Å². The molecule has 0 aromatic carbocycles. The molecule has 0 bridgehead atoms. The van der Waals surface area contributed by atoms with Crippen molar-refractivity contribution in [3.63, 3.8) is 0 Å². The predicted molar refractivity (Wildman–Crippen MR) is 82.0 cm³/mol. The first-order chi connectivity index (χ1) is 9.20. The maximum absolute atomic E-state index is 11.6. The highest BCUT2D eigenvalue weighted by Crippen LogP contribution is 2.28. The smallest absolute Gasteiger partial charge is 0.233 e. The first-order valence-corrected chi connectivity index (χ1v) is 8.03. The Morgan fingerprint density at radius 3 is 3.05 bits per heavy atom. The van der Waals surface area contributed by atoms with Gasteiger partial charge in [0.2, 0.25) is 5.91 Å². The monoisotopic (exact) mass is 314 g/mol. The molecule has 0 radical (unpaired) electrons. The number of thiazole rings is 1. The van der Waals surface area contributed by atoms with E-state index >= 15 is 0 Å². The van der Waals surface area contributed by atoms with E-state index in [1.54, 1.807) is 22.7 Å². The van der Waals surface area contributed by atoms with Gasteiger partial charge in [-0.05, 0) is 11.4 Å². The normalized spacial score (nSPS) is 12.3. The summed E-state index contributed by atoms with van der Waals surface area (Å²) in [5, 5.41) is 15.7. The minimum absolute atomic E-state index is 0.0640. The Balaban J connectivity index is 1.94. The fourth-order valence-electron chi connectivity index (χ4n) is 1.50. The molecule has 0 aliphatic heterocycles. The molecule has 2 N–H and O–H groups in total. The van der Waals surface area contributed by atoms with Crippen LogP contribution < -0.4 is 5.32 Å². The Labute approximate surface area is 124 Å². The van der Waals surface area contributed by atoms with Gasteiger partial charge in [-0.1, -0.05) is 6.07 Å². The van der Waals surface area contributed by atoms with Crippen molar-refractivity contribution in [2.75, 3.05) is 13.2 Å². The van der Waals surface area contributed by atoms with Crippen LogP contribution in [0.5, 0.6) is 0 Å². The third-order valence-corrected chi connectivity index (χ3v) is 4.75. The van der Waals surface area contributed by atoms with E-state index in [1.807, 2.05) is 22.9 Å². The zero-order valence-corrected chi connectivity index (χ0v) is 12.6. The number of aliphatic hydroxyl groups is 1. The molecule has 2 aromatic heterocycles. The average molecular weight is 314 g/mol. The number of nitrogens with one attached hydrogen (secondary N) is 1. The van der Waals surface area contributed by atoms with Crippen molar-refractivity contribution < 1.29 is 9.90 Å². The number of hydrogen-bond acceptors (Lipinski definition) is 6. The summed E-state index contributed by atoms with van der Waals surface area (Å²) < 4.78 is 0. The largest absolute Gasteiger partial charge is 0.395 e. The quantitative estimate of drug-likeness (QED) is 0.713. The van der Waals surface area contributed by atoms with E-state index in [-0.39, 0.29) is 19.1 Å². The second-order valence-corrected chi connectivity index (χ2v) is 6.28. The third-order valence-electron chi connectivity index (χ3n) is 2.40. The van der Waals surface area contributed by atoms with Gasteiger partial charge in [0, 0.05) is 18.3 Å². The highest BCUT2D eigenvalue weighted by atomic mass is 32.1. The van der Waals surface area contributed by atoms with Crippen molar-refractivity contribution in [2.24, 2.45) is 0 Å². The molecular formula is C12H14N2O2S3. The number of thiophene rings is 1. The second-order valence-electron chi connectivity index (χ2n) is 3.86. The SMILES string of the molecule is O=C(NCCO)C(S)Cc1csc(-c2cccs2)n1. The Hall–Kier alpha value is -0.890. The zero-order valence-electron chi connectivity index (χ0n) is 10.1. The number of carbonyl (C=O) groups excluding carboxylic acids is 1. The molecule has 0 aliphatic carbocycles. The van der Waals surface area contributed by atoms with Crippen molar-refractivity contribution in [2.45, 2.75) is 11.7 Å². The fourth-order valence-corrected chi connectivity index (χ4v) is 3.43. The van der Waals surface area contributed by atoms with Gasteiger partial charge >= 0.3 is 0 Å². The second kappa shape index (κ2) is 7.04. The van der Waals surface area contributed by atoms with Gasteiger partial charge in [0.1, 0.15) is 5.01 Å². The zero-order chi connectivity index (χ0) is 13.7. The Morgan fingerprint density at radius 1 is 1.53 bits per heavy atom. The molecule has 102 valence electrons. The van der Waals surface area contributed by atoms with Crippen LogP contribution in [0.2, 0.25) is 0 Å². The Bertz CT molecular complexity index is 525. The first-order valence-electron chi connectivity index (χ1n) is 5.75. The summed E-state index contributed by atoms with van der Waals surface area (Å²) in [6.07, 6.45) is 0.488. The van der Waals surface area contributed by atoms with Gasteiger partial charge in [-0.2, -0.15) is 12.6 Å². The molecule has 1 amide bonds. The molecule has 2 heterocycles. The number of carbonyl (C=O) groups is 1. The molecule has 4 nitrogen and oxygen atoms in total. The van der Waals surface area contributed by atoms with Gasteiger partial charge in [-0.25, -0.2) is 4.98 Å². The fraction of sp³-hybridized carbons (Fsp3) is 0.333. The van der Waals surface area contributed by atoms with Crippen LogP contribution in [0, 0.1) is 0 Å². The molecule has 1 atom stereocenters. The summed E-state index contributed by atoms with van der Waals surface area (Å²) in [4.78, 5) is 17.3. The molecule has 19 heavy (non-hydrogen) atoms. The lowest BCUT2D eigenvalue weighted by Gasteiger charge is -2.08. The maximum Gasteiger partial charge on any atom is 0.233 e. The molecule has 0 saturated carbocycles. The van der Waals surface area contributed by atoms with Crippen LogP contribution >= 0.6 is 35.3 Å². The van der Waals surface area contributed by atoms with Crippen molar-refractivity contribution in [1.82, 2.24) is 10.3 Å². The lowest BCUT2D eigenvalue weighted by Crippen LogP contribution is -2.34. The maximum atomic E-state index is 11.6. The molecular weight excluding hydrogens is 300 g/mol. The van der Waals surface area contributed by atoms with Crippen molar-refractivity contribution in [1.29, 1.82) is 0 Å². The minimum atomic E-state index is -0.440. The summed E-state index contributed by atoms with van der Waals surface area (Å²) >= 11 is 7.49. The number of amides is 1. The standard InChI is InChI=1S/C12H14N2O2S3/c15-4-3-13-11(16)9(17)6-8-7-19-12(14-8)10-2-1-5-18-10/h1-2,5,7,9,15,17H,3-4,6H2,(H,13,16). The van der Waals surface area contributed by atoms with E-state index in [9.17, 15) is 4.79 Å². The molecule has 2 rings (SSSR count). The highest BCUT2D eigenvalue weighted by molar-refractivity contribution is 7.81. The van der Waals surface area contributed by atoms with Crippen LogP contribution in [0.1, 0.15) is 5.69 Å². The van der Waals surface area contributed by atoms with E-state index in [1.165, 1.54) is 0 Å². The molecule has 0 saturated heterocycles. The number of hydrogen-bond donors (Lipinski definition) is 3. The van der Waals surface area contributed by atoms with E-state index < -0.39 is 5.25 Å². The predicted octanol–water partition coefficient (Wildman–Crippen LogP) is 1.82. The topological polar surface area (TPSA) is 62.2 Å². The number of aliphatic hydroxyl groups excluding tert-OH is 1. The molecule has 0 aliphatic rings. The number of rotatable bonds is 6. The summed E-state index contributed by atoms with van der Waals surface area (Å²) in [5.41, 5.74) is 0.868. The molecule has 1 unspecified atom stereocenters. The average Bonchev–Trinajstić information content (AvgIpc) is 3.05. The van der Waals surface area contributed by atoms with E-state index in [0.29, 0.717) is 6.42 Å². The van der Waals surface area contributed by atoms with Gasteiger partial charge in [0.15, 0.2) is 0 Å². The van der Waals surface area contributed by atoms with E-state index in [2.05, 4.69) is 22.9 Å². The van der Waals surface area contributed by atoms with Crippen LogP contribution in [0.4, 0.5) is 0 Å². The van der Waals surface area contributed by atoms with E-state index in [0.717, 1.165) is 15.6 Å². The number of thiol groups is 1. The van der Waals surface area contributed by atoms with Crippen molar-refractivity contribution in [3.05, 3.63) is 28.6 Å². The minimum Gasteiger partial charge on any atom is -0.395 e. The summed E-state index contributed by atoms with van der Waals surface area (Å²) in [6.45, 7) is 0.193. The van der Waals surface area contributed by atoms with Gasteiger partial charge < -0.3 is 10.4 Å².